The lowest BCUT2D eigenvalue weighted by Gasteiger charge is -2.39. The number of amidine groups is 1. The van der Waals surface area contributed by atoms with Gasteiger partial charge in [0.25, 0.3) is 0 Å². The first-order valence-electron chi connectivity index (χ1n) is 13.1. The van der Waals surface area contributed by atoms with Crippen molar-refractivity contribution in [3.63, 3.8) is 0 Å². The number of fused-ring (bicyclic) bond motifs is 1. The summed E-state index contributed by atoms with van der Waals surface area (Å²) >= 11 is 6.52. The van der Waals surface area contributed by atoms with Crippen molar-refractivity contribution in [3.8, 4) is 5.75 Å². The van der Waals surface area contributed by atoms with Crippen LogP contribution in [0, 0.1) is 0 Å². The molecular weight excluding hydrogens is 548 g/mol. The summed E-state index contributed by atoms with van der Waals surface area (Å²) in [5, 5.41) is 2.99. The molecule has 9 nitrogen and oxygen atoms in total. The van der Waals surface area contributed by atoms with Crippen molar-refractivity contribution in [2.24, 2.45) is 10.7 Å². The van der Waals surface area contributed by atoms with Gasteiger partial charge in [0, 0.05) is 12.5 Å². The topological polar surface area (TPSA) is 123 Å². The highest BCUT2D eigenvalue weighted by atomic mass is 35.5. The van der Waals surface area contributed by atoms with E-state index >= 15 is 0 Å². The fraction of sp³-hybridized carbons (Fsp3) is 0.414. The molecule has 0 unspecified atom stereocenters. The van der Waals surface area contributed by atoms with Gasteiger partial charge >= 0.3 is 0 Å². The standard InChI is InChI=1S/C29H37ClN6O3S/c1-17(2)40(37,38)25-11-9-8-10-23(25)36(6)27-21(30)16-32-28(35-27)34-22-14-19-12-13-26(33-18(3)31)29(4,5)20(19)15-24(22)39-7/h8-11,14-17,26H,12-13H2,1-7H3,(H2,31,33)(H,32,34,35)/t26-/m1/s1. The summed E-state index contributed by atoms with van der Waals surface area (Å²) in [7, 11) is -0.192. The lowest BCUT2D eigenvalue weighted by Crippen LogP contribution is -2.38. The number of sulfone groups is 1. The molecule has 2 aromatic carbocycles. The fourth-order valence-electron chi connectivity index (χ4n) is 5.12. The lowest BCUT2D eigenvalue weighted by atomic mass is 9.69. The molecule has 3 N–H and O–H groups in total. The zero-order chi connectivity index (χ0) is 29.4. The quantitative estimate of drug-likeness (QED) is 0.251. The molecule has 1 aromatic heterocycles. The maximum Gasteiger partial charge on any atom is 0.229 e. The smallest absolute Gasteiger partial charge is 0.229 e. The van der Waals surface area contributed by atoms with Gasteiger partial charge in [-0.15, -0.1) is 0 Å². The lowest BCUT2D eigenvalue weighted by molar-refractivity contribution is 0.361. The summed E-state index contributed by atoms with van der Waals surface area (Å²) in [6.07, 6.45) is 3.22. The van der Waals surface area contributed by atoms with Crippen LogP contribution in [0.4, 0.5) is 23.1 Å². The molecule has 11 heteroatoms. The Morgan fingerprint density at radius 1 is 1.27 bits per heavy atom. The van der Waals surface area contributed by atoms with E-state index in [1.165, 1.54) is 11.8 Å². The van der Waals surface area contributed by atoms with Crippen LogP contribution in [0.2, 0.25) is 5.02 Å². The molecule has 1 aliphatic rings. The molecule has 0 saturated heterocycles. The van der Waals surface area contributed by atoms with Crippen LogP contribution in [0.1, 0.15) is 52.2 Å². The van der Waals surface area contributed by atoms with Crippen LogP contribution < -0.4 is 20.7 Å². The summed E-state index contributed by atoms with van der Waals surface area (Å²) in [5.74, 6) is 1.88. The number of nitrogens with zero attached hydrogens (tertiary/aromatic N) is 4. The van der Waals surface area contributed by atoms with Gasteiger partial charge in [0.15, 0.2) is 15.7 Å². The maximum atomic E-state index is 13.1. The Hall–Kier alpha value is -3.37. The number of aryl methyl sites for hydroxylation is 1. The number of hydrogen-bond acceptors (Lipinski definition) is 8. The van der Waals surface area contributed by atoms with E-state index in [9.17, 15) is 8.42 Å². The number of ether oxygens (including phenoxy) is 1. The van der Waals surface area contributed by atoms with Crippen LogP contribution in [0.5, 0.6) is 5.75 Å². The number of methoxy groups -OCH3 is 1. The van der Waals surface area contributed by atoms with E-state index in [1.54, 1.807) is 57.2 Å². The summed E-state index contributed by atoms with van der Waals surface area (Å²) in [4.78, 5) is 15.6. The van der Waals surface area contributed by atoms with Crippen LogP contribution in [-0.4, -0.2) is 49.7 Å². The number of hydrogen-bond donors (Lipinski definition) is 2. The fourth-order valence-corrected chi connectivity index (χ4v) is 6.61. The maximum absolute atomic E-state index is 13.1. The Balaban J connectivity index is 1.71. The molecule has 0 amide bonds. The average Bonchev–Trinajstić information content (AvgIpc) is 2.90. The Labute approximate surface area is 241 Å². The SMILES string of the molecule is COc1cc2c(cc1Nc1ncc(Cl)c(N(C)c3ccccc3S(=O)(=O)C(C)C)n1)CC[C@@H](N=C(C)N)C2(C)C. The number of halogens is 1. The molecule has 3 aromatic rings. The first-order chi connectivity index (χ1) is 18.8. The van der Waals surface area contributed by atoms with E-state index in [0.717, 1.165) is 18.4 Å². The number of nitrogens with two attached hydrogens (primary N) is 1. The Bertz CT molecular complexity index is 1550. The van der Waals surface area contributed by atoms with Gasteiger partial charge in [-0.05, 0) is 69.0 Å². The van der Waals surface area contributed by atoms with Crippen LogP contribution in [0.3, 0.4) is 0 Å². The molecule has 40 heavy (non-hydrogen) atoms. The number of nitrogens with one attached hydrogen (secondary N) is 1. The zero-order valence-electron chi connectivity index (χ0n) is 24.0. The number of anilines is 4. The second kappa shape index (κ2) is 11.2. The highest BCUT2D eigenvalue weighted by Gasteiger charge is 2.37. The van der Waals surface area contributed by atoms with E-state index in [2.05, 4.69) is 40.2 Å². The molecule has 214 valence electrons. The second-order valence-corrected chi connectivity index (χ2v) is 13.7. The third kappa shape index (κ3) is 5.60. The number of rotatable bonds is 8. The molecule has 1 heterocycles. The summed E-state index contributed by atoms with van der Waals surface area (Å²) < 4.78 is 31.9. The molecule has 4 rings (SSSR count). The molecular formula is C29H37ClN6O3S. The first kappa shape index (κ1) is 29.6. The Morgan fingerprint density at radius 3 is 2.62 bits per heavy atom. The molecule has 1 aliphatic carbocycles. The molecule has 0 spiro atoms. The monoisotopic (exact) mass is 584 g/mol. The summed E-state index contributed by atoms with van der Waals surface area (Å²) in [5.41, 5.74) is 9.23. The minimum Gasteiger partial charge on any atom is -0.495 e. The van der Waals surface area contributed by atoms with Crippen molar-refractivity contribution < 1.29 is 13.2 Å². The van der Waals surface area contributed by atoms with Crippen molar-refractivity contribution in [3.05, 3.63) is 58.7 Å². The van der Waals surface area contributed by atoms with E-state index in [-0.39, 0.29) is 21.4 Å². The van der Waals surface area contributed by atoms with Gasteiger partial charge in [0.05, 0.1) is 46.7 Å². The predicted octanol–water partition coefficient (Wildman–Crippen LogP) is 5.80. The van der Waals surface area contributed by atoms with Crippen molar-refractivity contribution in [1.29, 1.82) is 0 Å². The average molecular weight is 585 g/mol. The molecule has 1 atom stereocenters. The van der Waals surface area contributed by atoms with E-state index < -0.39 is 15.1 Å². The predicted molar refractivity (Wildman–Crippen MR) is 163 cm³/mol. The van der Waals surface area contributed by atoms with Crippen LogP contribution in [-0.2, 0) is 21.7 Å². The minimum absolute atomic E-state index is 0.0774. The molecule has 0 saturated carbocycles. The van der Waals surface area contributed by atoms with Crippen molar-refractivity contribution >= 4 is 50.4 Å². The van der Waals surface area contributed by atoms with Crippen molar-refractivity contribution in [1.82, 2.24) is 9.97 Å². The largest absolute Gasteiger partial charge is 0.495 e. The Morgan fingerprint density at radius 2 is 1.98 bits per heavy atom. The van der Waals surface area contributed by atoms with E-state index in [0.29, 0.717) is 34.7 Å². The van der Waals surface area contributed by atoms with Gasteiger partial charge in [-0.1, -0.05) is 37.6 Å². The molecule has 0 aliphatic heterocycles. The first-order valence-corrected chi connectivity index (χ1v) is 15.1. The zero-order valence-corrected chi connectivity index (χ0v) is 25.6. The third-order valence-corrected chi connectivity index (χ3v) is 9.91. The number of aliphatic imine (C=N–C) groups is 1. The minimum atomic E-state index is -3.55. The molecule has 0 radical (unpaired) electrons. The highest BCUT2D eigenvalue weighted by Crippen LogP contribution is 2.43. The molecule has 0 fully saturated rings. The van der Waals surface area contributed by atoms with E-state index in [1.807, 2.05) is 13.0 Å². The van der Waals surface area contributed by atoms with Crippen LogP contribution in [0.25, 0.3) is 0 Å². The highest BCUT2D eigenvalue weighted by molar-refractivity contribution is 7.92. The normalized spacial score (nSPS) is 16.9. The van der Waals surface area contributed by atoms with Gasteiger partial charge in [0.2, 0.25) is 5.95 Å². The van der Waals surface area contributed by atoms with Crippen molar-refractivity contribution in [2.75, 3.05) is 24.4 Å². The summed E-state index contributed by atoms with van der Waals surface area (Å²) in [6, 6.07) is 11.0. The number of benzene rings is 2. The second-order valence-electron chi connectivity index (χ2n) is 10.9. The molecule has 0 bridgehead atoms. The number of para-hydroxylation sites is 1. The van der Waals surface area contributed by atoms with Gasteiger partial charge in [-0.2, -0.15) is 4.98 Å². The van der Waals surface area contributed by atoms with Crippen LogP contribution in [0.15, 0.2) is 52.5 Å². The van der Waals surface area contributed by atoms with Gasteiger partial charge in [-0.25, -0.2) is 13.4 Å². The van der Waals surface area contributed by atoms with Gasteiger partial charge < -0.3 is 20.7 Å². The van der Waals surface area contributed by atoms with Gasteiger partial charge in [-0.3, -0.25) is 4.99 Å². The Kier molecular flexibility index (Phi) is 8.33. The summed E-state index contributed by atoms with van der Waals surface area (Å²) in [6.45, 7) is 9.49. The van der Waals surface area contributed by atoms with Gasteiger partial charge in [0.1, 0.15) is 10.8 Å². The third-order valence-electron chi connectivity index (χ3n) is 7.44. The van der Waals surface area contributed by atoms with Crippen molar-refractivity contribution in [2.45, 2.75) is 69.1 Å². The van der Waals surface area contributed by atoms with Crippen LogP contribution >= 0.6 is 11.6 Å². The van der Waals surface area contributed by atoms with E-state index in [4.69, 9.17) is 22.1 Å². The number of aromatic nitrogens is 2.